The largest absolute Gasteiger partial charge is 0.493 e. The van der Waals surface area contributed by atoms with Gasteiger partial charge in [0.1, 0.15) is 5.82 Å². The molecule has 3 aromatic carbocycles. The first-order valence-electron chi connectivity index (χ1n) is 9.63. The lowest BCUT2D eigenvalue weighted by molar-refractivity contribution is 0.100. The first kappa shape index (κ1) is 18.6. The van der Waals surface area contributed by atoms with E-state index in [1.807, 2.05) is 48.5 Å². The lowest BCUT2D eigenvalue weighted by Crippen LogP contribution is -2.10. The molecule has 2 aromatic heterocycles. The molecule has 0 bridgehead atoms. The van der Waals surface area contributed by atoms with Crippen LogP contribution in [0.1, 0.15) is 10.4 Å². The fourth-order valence-electron chi connectivity index (χ4n) is 3.46. The summed E-state index contributed by atoms with van der Waals surface area (Å²) in [6.45, 7) is 0. The molecule has 5 aromatic rings. The van der Waals surface area contributed by atoms with Crippen LogP contribution in [0.15, 0.2) is 82.2 Å². The highest BCUT2D eigenvalue weighted by Crippen LogP contribution is 2.28. The Balaban J connectivity index is 1.81. The molecule has 0 saturated carbocycles. The monoisotopic (exact) mass is 410 g/mol. The van der Waals surface area contributed by atoms with Crippen molar-refractivity contribution in [2.45, 2.75) is 0 Å². The molecule has 2 heterocycles. The van der Waals surface area contributed by atoms with Crippen molar-refractivity contribution < 1.29 is 13.9 Å². The second-order valence-corrected chi connectivity index (χ2v) is 6.97. The Kier molecular flexibility index (Phi) is 4.48. The van der Waals surface area contributed by atoms with Gasteiger partial charge in [-0.3, -0.25) is 4.79 Å². The summed E-state index contributed by atoms with van der Waals surface area (Å²) in [5, 5.41) is 0.847. The van der Waals surface area contributed by atoms with Crippen LogP contribution in [0.5, 0.6) is 5.75 Å². The maximum atomic E-state index is 11.6. The molecular weight excluding hydrogens is 392 g/mol. The van der Waals surface area contributed by atoms with Crippen molar-refractivity contribution in [2.24, 2.45) is 10.7 Å². The van der Waals surface area contributed by atoms with Crippen LogP contribution in [-0.4, -0.2) is 23.0 Å². The summed E-state index contributed by atoms with van der Waals surface area (Å²) >= 11 is 0. The number of fused-ring (bicyclic) bond motifs is 2. The highest BCUT2D eigenvalue weighted by atomic mass is 16.5. The van der Waals surface area contributed by atoms with Crippen molar-refractivity contribution in [2.75, 3.05) is 7.11 Å². The number of primary amides is 1. The Morgan fingerprint density at radius 3 is 2.71 bits per heavy atom. The number of aromatic amines is 1. The van der Waals surface area contributed by atoms with E-state index in [4.69, 9.17) is 19.9 Å². The number of aromatic nitrogens is 2. The summed E-state index contributed by atoms with van der Waals surface area (Å²) in [6.07, 6.45) is 0. The number of carbonyl (C=O) groups excluding carboxylic acids is 1. The van der Waals surface area contributed by atoms with Gasteiger partial charge in [-0.25, -0.2) is 9.98 Å². The van der Waals surface area contributed by atoms with Gasteiger partial charge in [0.2, 0.25) is 11.5 Å². The van der Waals surface area contributed by atoms with Gasteiger partial charge >= 0.3 is 0 Å². The average molecular weight is 410 g/mol. The number of hydrogen-bond donors (Lipinski definition) is 2. The first-order valence-corrected chi connectivity index (χ1v) is 9.63. The van der Waals surface area contributed by atoms with Crippen molar-refractivity contribution in [3.05, 3.63) is 83.9 Å². The molecule has 1 amide bonds. The number of nitrogens with zero attached hydrogens (tertiary/aromatic N) is 2. The van der Waals surface area contributed by atoms with E-state index in [1.54, 1.807) is 31.4 Å². The fourth-order valence-corrected chi connectivity index (χ4v) is 3.46. The number of para-hydroxylation sites is 3. The number of hydrogen-bond acceptors (Lipinski definition) is 5. The van der Waals surface area contributed by atoms with E-state index in [1.165, 1.54) is 0 Å². The molecule has 3 N–H and O–H groups in total. The number of carbonyl (C=O) groups is 1. The molecule has 0 saturated heterocycles. The predicted molar refractivity (Wildman–Crippen MR) is 118 cm³/mol. The second kappa shape index (κ2) is 7.46. The zero-order chi connectivity index (χ0) is 21.4. The van der Waals surface area contributed by atoms with E-state index in [9.17, 15) is 4.79 Å². The molecule has 0 radical (unpaired) electrons. The summed E-state index contributed by atoms with van der Waals surface area (Å²) in [5.74, 6) is 0.696. The number of amides is 1. The first-order chi connectivity index (χ1) is 15.1. The van der Waals surface area contributed by atoms with Crippen LogP contribution in [-0.2, 0) is 0 Å². The van der Waals surface area contributed by atoms with Crippen LogP contribution < -0.4 is 16.0 Å². The van der Waals surface area contributed by atoms with Gasteiger partial charge in [0, 0.05) is 10.9 Å². The van der Waals surface area contributed by atoms with Gasteiger partial charge in [-0.1, -0.05) is 30.3 Å². The van der Waals surface area contributed by atoms with Crippen LogP contribution in [0.2, 0.25) is 0 Å². The molecule has 0 atom stereocenters. The molecule has 0 aliphatic carbocycles. The van der Waals surface area contributed by atoms with Gasteiger partial charge in [-0.05, 0) is 42.5 Å². The van der Waals surface area contributed by atoms with Gasteiger partial charge in [-0.15, -0.1) is 0 Å². The molecule has 7 heteroatoms. The summed E-state index contributed by atoms with van der Waals surface area (Å²) in [4.78, 5) is 24.3. The van der Waals surface area contributed by atoms with Gasteiger partial charge < -0.3 is 19.9 Å². The molecule has 31 heavy (non-hydrogen) atoms. The molecular formula is C24H18N4O3. The zero-order valence-electron chi connectivity index (χ0n) is 16.6. The van der Waals surface area contributed by atoms with Crippen LogP contribution in [0.3, 0.4) is 0 Å². The van der Waals surface area contributed by atoms with Gasteiger partial charge in [0.25, 0.3) is 0 Å². The maximum Gasteiger partial charge on any atom is 0.248 e. The number of nitrogens with two attached hydrogens (primary N) is 1. The van der Waals surface area contributed by atoms with Crippen LogP contribution in [0.4, 0.5) is 5.69 Å². The van der Waals surface area contributed by atoms with Gasteiger partial charge in [0.05, 0.1) is 29.4 Å². The highest BCUT2D eigenvalue weighted by molar-refractivity contribution is 5.93. The van der Waals surface area contributed by atoms with Crippen LogP contribution in [0, 0.1) is 0 Å². The highest BCUT2D eigenvalue weighted by Gasteiger charge is 2.14. The van der Waals surface area contributed by atoms with Crippen LogP contribution in [0.25, 0.3) is 33.4 Å². The Labute approximate surface area is 176 Å². The third-order valence-corrected chi connectivity index (χ3v) is 4.96. The van der Waals surface area contributed by atoms with Crippen molar-refractivity contribution in [1.82, 2.24) is 9.97 Å². The topological polar surface area (TPSA) is 106 Å². The summed E-state index contributed by atoms with van der Waals surface area (Å²) < 4.78 is 11.7. The molecule has 0 fully saturated rings. The number of ether oxygens (including phenoxy) is 1. The lowest BCUT2D eigenvalue weighted by Gasteiger charge is -2.07. The Bertz CT molecular complexity index is 1480. The molecule has 0 aliphatic rings. The SMILES string of the molecule is COc1cccc2cc(-c3nc4ccccc4[nH]3)c(=Nc3cccc(C(N)=O)c3)oc12. The molecule has 7 nitrogen and oxygen atoms in total. The zero-order valence-corrected chi connectivity index (χ0v) is 16.6. The molecule has 5 rings (SSSR count). The number of rotatable bonds is 4. The maximum absolute atomic E-state index is 11.6. The van der Waals surface area contributed by atoms with E-state index in [0.717, 1.165) is 16.4 Å². The van der Waals surface area contributed by atoms with E-state index in [2.05, 4.69) is 9.98 Å². The minimum absolute atomic E-state index is 0.331. The average Bonchev–Trinajstić information content (AvgIpc) is 3.22. The lowest BCUT2D eigenvalue weighted by atomic mass is 10.1. The number of benzene rings is 3. The normalized spacial score (nSPS) is 11.8. The quantitative estimate of drug-likeness (QED) is 0.460. The summed E-state index contributed by atoms with van der Waals surface area (Å²) in [6, 6.07) is 22.1. The fraction of sp³-hybridized carbons (Fsp3) is 0.0417. The van der Waals surface area contributed by atoms with Crippen molar-refractivity contribution in [3.8, 4) is 17.1 Å². The predicted octanol–water partition coefficient (Wildman–Crippen LogP) is 4.32. The minimum Gasteiger partial charge on any atom is -0.493 e. The van der Waals surface area contributed by atoms with E-state index in [0.29, 0.717) is 39.5 Å². The molecule has 0 spiro atoms. The van der Waals surface area contributed by atoms with Crippen molar-refractivity contribution in [1.29, 1.82) is 0 Å². The number of imidazole rings is 1. The third kappa shape index (κ3) is 3.42. The minimum atomic E-state index is -0.522. The smallest absolute Gasteiger partial charge is 0.248 e. The Morgan fingerprint density at radius 2 is 1.90 bits per heavy atom. The standard InChI is InChI=1S/C24H18N4O3/c1-30-20-11-5-6-14-13-17(23-27-18-9-2-3-10-19(18)28-23)24(31-21(14)20)26-16-8-4-7-15(12-16)22(25)29/h2-13H,1H3,(H2,25,29)(H,27,28). The second-order valence-electron chi connectivity index (χ2n) is 6.97. The molecule has 0 unspecified atom stereocenters. The molecule has 0 aliphatic heterocycles. The number of methoxy groups -OCH3 is 1. The number of nitrogens with one attached hydrogen (secondary N) is 1. The summed E-state index contributed by atoms with van der Waals surface area (Å²) in [5.41, 5.74) is 9.64. The molecule has 152 valence electrons. The summed E-state index contributed by atoms with van der Waals surface area (Å²) in [7, 11) is 1.59. The Morgan fingerprint density at radius 1 is 1.06 bits per heavy atom. The van der Waals surface area contributed by atoms with E-state index >= 15 is 0 Å². The van der Waals surface area contributed by atoms with Gasteiger partial charge in [0.15, 0.2) is 11.3 Å². The van der Waals surface area contributed by atoms with Crippen LogP contribution >= 0.6 is 0 Å². The Hall–Kier alpha value is -4.39. The van der Waals surface area contributed by atoms with E-state index in [-0.39, 0.29) is 0 Å². The number of H-pyrrole nitrogens is 1. The van der Waals surface area contributed by atoms with Gasteiger partial charge in [-0.2, -0.15) is 0 Å². The van der Waals surface area contributed by atoms with E-state index < -0.39 is 5.91 Å². The third-order valence-electron chi connectivity index (χ3n) is 4.96. The van der Waals surface area contributed by atoms with Crippen molar-refractivity contribution >= 4 is 33.6 Å². The van der Waals surface area contributed by atoms with Crippen molar-refractivity contribution in [3.63, 3.8) is 0 Å².